The molecule has 2 N–H and O–H groups in total. The molecule has 0 bridgehead atoms. The van der Waals surface area contributed by atoms with Crippen molar-refractivity contribution in [2.75, 3.05) is 7.11 Å². The van der Waals surface area contributed by atoms with E-state index in [4.69, 9.17) is 10.5 Å². The molecular formula is C14H20FNO. The topological polar surface area (TPSA) is 35.2 Å². The van der Waals surface area contributed by atoms with Gasteiger partial charge >= 0.3 is 0 Å². The number of hydrogen-bond donors (Lipinski definition) is 1. The summed E-state index contributed by atoms with van der Waals surface area (Å²) in [6.07, 6.45) is 5.13. The van der Waals surface area contributed by atoms with Crippen molar-refractivity contribution >= 4 is 0 Å². The standard InChI is InChI=1S/C14H20FNO/c1-17-14(7-2-8-14)10-13(16)9-11-3-5-12(15)6-4-11/h3-6,13H,2,7-10,16H2,1H3. The van der Waals surface area contributed by atoms with Crippen LogP contribution in [0.3, 0.4) is 0 Å². The fraction of sp³-hybridized carbons (Fsp3) is 0.571. The molecular weight excluding hydrogens is 217 g/mol. The number of benzene rings is 1. The molecule has 1 saturated carbocycles. The van der Waals surface area contributed by atoms with Crippen LogP contribution in [0.1, 0.15) is 31.2 Å². The first-order valence-corrected chi connectivity index (χ1v) is 6.19. The van der Waals surface area contributed by atoms with Gasteiger partial charge in [-0.3, -0.25) is 0 Å². The van der Waals surface area contributed by atoms with Gasteiger partial charge in [0.25, 0.3) is 0 Å². The average Bonchev–Trinajstić information content (AvgIpc) is 2.27. The Morgan fingerprint density at radius 2 is 2.00 bits per heavy atom. The van der Waals surface area contributed by atoms with Crippen molar-refractivity contribution in [2.45, 2.75) is 43.7 Å². The van der Waals surface area contributed by atoms with Crippen molar-refractivity contribution < 1.29 is 9.13 Å². The van der Waals surface area contributed by atoms with Gasteiger partial charge in [0, 0.05) is 13.2 Å². The average molecular weight is 237 g/mol. The molecule has 94 valence electrons. The largest absolute Gasteiger partial charge is 0.378 e. The van der Waals surface area contributed by atoms with Gasteiger partial charge in [0.05, 0.1) is 5.60 Å². The fourth-order valence-corrected chi connectivity index (χ4v) is 2.54. The Kier molecular flexibility index (Phi) is 3.79. The van der Waals surface area contributed by atoms with E-state index < -0.39 is 0 Å². The number of rotatable bonds is 5. The maximum Gasteiger partial charge on any atom is 0.123 e. The summed E-state index contributed by atoms with van der Waals surface area (Å²) < 4.78 is 18.3. The van der Waals surface area contributed by atoms with Gasteiger partial charge in [0.1, 0.15) is 5.82 Å². The third-order valence-electron chi connectivity index (χ3n) is 3.74. The zero-order valence-electron chi connectivity index (χ0n) is 10.3. The molecule has 2 rings (SSSR count). The predicted molar refractivity (Wildman–Crippen MR) is 66.3 cm³/mol. The Morgan fingerprint density at radius 3 is 2.47 bits per heavy atom. The maximum absolute atomic E-state index is 12.8. The first-order valence-electron chi connectivity index (χ1n) is 6.19. The molecule has 0 saturated heterocycles. The Balaban J connectivity index is 1.88. The molecule has 1 atom stereocenters. The zero-order valence-corrected chi connectivity index (χ0v) is 10.3. The van der Waals surface area contributed by atoms with E-state index in [1.165, 1.54) is 18.6 Å². The lowest BCUT2D eigenvalue weighted by molar-refractivity contribution is -0.0813. The quantitative estimate of drug-likeness (QED) is 0.854. The van der Waals surface area contributed by atoms with Crippen LogP contribution in [0.15, 0.2) is 24.3 Å². The number of halogens is 1. The van der Waals surface area contributed by atoms with Gasteiger partial charge in [-0.1, -0.05) is 12.1 Å². The molecule has 0 spiro atoms. The summed E-state index contributed by atoms with van der Waals surface area (Å²) in [7, 11) is 1.77. The van der Waals surface area contributed by atoms with Gasteiger partial charge in [-0.2, -0.15) is 0 Å². The third kappa shape index (κ3) is 3.05. The Bertz CT molecular complexity index is 353. The van der Waals surface area contributed by atoms with Crippen molar-refractivity contribution in [1.82, 2.24) is 0 Å². The molecule has 0 radical (unpaired) electrons. The van der Waals surface area contributed by atoms with E-state index in [0.717, 1.165) is 31.2 Å². The van der Waals surface area contributed by atoms with Crippen LogP contribution in [-0.4, -0.2) is 18.8 Å². The van der Waals surface area contributed by atoms with Gasteiger partial charge in [-0.15, -0.1) is 0 Å². The lowest BCUT2D eigenvalue weighted by Gasteiger charge is -2.42. The van der Waals surface area contributed by atoms with Gasteiger partial charge < -0.3 is 10.5 Å². The minimum Gasteiger partial charge on any atom is -0.378 e. The second-order valence-corrected chi connectivity index (χ2v) is 5.04. The van der Waals surface area contributed by atoms with Gasteiger partial charge in [-0.25, -0.2) is 4.39 Å². The van der Waals surface area contributed by atoms with Crippen LogP contribution in [-0.2, 0) is 11.2 Å². The molecule has 17 heavy (non-hydrogen) atoms. The smallest absolute Gasteiger partial charge is 0.123 e. The molecule has 3 heteroatoms. The summed E-state index contributed by atoms with van der Waals surface area (Å²) in [5.41, 5.74) is 7.24. The van der Waals surface area contributed by atoms with Crippen LogP contribution in [0.25, 0.3) is 0 Å². The second-order valence-electron chi connectivity index (χ2n) is 5.04. The lowest BCUT2D eigenvalue weighted by Crippen LogP contribution is -2.44. The summed E-state index contributed by atoms with van der Waals surface area (Å²) >= 11 is 0. The molecule has 1 unspecified atom stereocenters. The number of ether oxygens (including phenoxy) is 1. The molecule has 1 fully saturated rings. The Labute approximate surface area is 102 Å². The van der Waals surface area contributed by atoms with Crippen molar-refractivity contribution in [3.63, 3.8) is 0 Å². The van der Waals surface area contributed by atoms with Crippen LogP contribution in [0, 0.1) is 5.82 Å². The highest BCUT2D eigenvalue weighted by molar-refractivity contribution is 5.17. The van der Waals surface area contributed by atoms with E-state index in [2.05, 4.69) is 0 Å². The molecule has 0 heterocycles. The number of hydrogen-bond acceptors (Lipinski definition) is 2. The summed E-state index contributed by atoms with van der Waals surface area (Å²) in [6.45, 7) is 0. The highest BCUT2D eigenvalue weighted by Crippen LogP contribution is 2.38. The summed E-state index contributed by atoms with van der Waals surface area (Å²) in [6, 6.07) is 6.65. The Hall–Kier alpha value is -0.930. The van der Waals surface area contributed by atoms with Crippen molar-refractivity contribution in [2.24, 2.45) is 5.73 Å². The second kappa shape index (κ2) is 5.15. The van der Waals surface area contributed by atoms with Crippen LogP contribution in [0.4, 0.5) is 4.39 Å². The first-order chi connectivity index (χ1) is 8.13. The summed E-state index contributed by atoms with van der Waals surface area (Å²) in [4.78, 5) is 0. The molecule has 1 aromatic rings. The van der Waals surface area contributed by atoms with Crippen LogP contribution >= 0.6 is 0 Å². The Morgan fingerprint density at radius 1 is 1.35 bits per heavy atom. The zero-order chi connectivity index (χ0) is 12.3. The number of nitrogens with two attached hydrogens (primary N) is 1. The molecule has 0 aromatic heterocycles. The molecule has 1 aromatic carbocycles. The molecule has 2 nitrogen and oxygen atoms in total. The summed E-state index contributed by atoms with van der Waals surface area (Å²) in [5, 5.41) is 0. The van der Waals surface area contributed by atoms with Crippen molar-refractivity contribution in [1.29, 1.82) is 0 Å². The van der Waals surface area contributed by atoms with E-state index in [1.54, 1.807) is 19.2 Å². The van der Waals surface area contributed by atoms with E-state index in [9.17, 15) is 4.39 Å². The normalized spacial score (nSPS) is 19.7. The van der Waals surface area contributed by atoms with Crippen LogP contribution in [0.2, 0.25) is 0 Å². The highest BCUT2D eigenvalue weighted by Gasteiger charge is 2.38. The van der Waals surface area contributed by atoms with E-state index in [0.29, 0.717) is 0 Å². The maximum atomic E-state index is 12.8. The van der Waals surface area contributed by atoms with Crippen LogP contribution in [0.5, 0.6) is 0 Å². The van der Waals surface area contributed by atoms with E-state index in [1.807, 2.05) is 0 Å². The van der Waals surface area contributed by atoms with Crippen molar-refractivity contribution in [3.8, 4) is 0 Å². The van der Waals surface area contributed by atoms with Gasteiger partial charge in [0.2, 0.25) is 0 Å². The van der Waals surface area contributed by atoms with Crippen molar-refractivity contribution in [3.05, 3.63) is 35.6 Å². The van der Waals surface area contributed by atoms with E-state index in [-0.39, 0.29) is 17.5 Å². The SMILES string of the molecule is COC1(CC(N)Cc2ccc(F)cc2)CCC1. The minimum atomic E-state index is -0.199. The van der Waals surface area contributed by atoms with E-state index >= 15 is 0 Å². The molecule has 1 aliphatic rings. The first kappa shape index (κ1) is 12.5. The predicted octanol–water partition coefficient (Wildman–Crippen LogP) is 2.65. The lowest BCUT2D eigenvalue weighted by atomic mass is 9.75. The van der Waals surface area contributed by atoms with Gasteiger partial charge in [-0.05, 0) is 49.8 Å². The molecule has 0 aliphatic heterocycles. The summed E-state index contributed by atoms with van der Waals surface area (Å²) in [5.74, 6) is -0.199. The minimum absolute atomic E-state index is 0.0133. The number of methoxy groups -OCH3 is 1. The highest BCUT2D eigenvalue weighted by atomic mass is 19.1. The molecule has 1 aliphatic carbocycles. The molecule has 0 amide bonds. The fourth-order valence-electron chi connectivity index (χ4n) is 2.54. The monoisotopic (exact) mass is 237 g/mol. The van der Waals surface area contributed by atoms with Crippen LogP contribution < -0.4 is 5.73 Å². The third-order valence-corrected chi connectivity index (χ3v) is 3.74. The van der Waals surface area contributed by atoms with Gasteiger partial charge in [0.15, 0.2) is 0 Å².